The van der Waals surface area contributed by atoms with Gasteiger partial charge in [-0.1, -0.05) is 34.1 Å². The van der Waals surface area contributed by atoms with Crippen molar-refractivity contribution in [3.8, 4) is 0 Å². The quantitative estimate of drug-likeness (QED) is 0.557. The first-order valence-corrected chi connectivity index (χ1v) is 10.4. The third kappa shape index (κ3) is 5.67. The lowest BCUT2D eigenvalue weighted by Gasteiger charge is -2.22. The Morgan fingerprint density at radius 3 is 2.54 bits per heavy atom. The van der Waals surface area contributed by atoms with Crippen LogP contribution in [0, 0.1) is 13.8 Å². The van der Waals surface area contributed by atoms with Crippen molar-refractivity contribution in [2.24, 2.45) is 5.10 Å². The maximum Gasteiger partial charge on any atom is 0.260 e. The maximum atomic E-state index is 12.1. The van der Waals surface area contributed by atoms with Gasteiger partial charge in [0.1, 0.15) is 6.54 Å². The van der Waals surface area contributed by atoms with Crippen LogP contribution >= 0.6 is 15.9 Å². The van der Waals surface area contributed by atoms with E-state index in [0.717, 1.165) is 31.7 Å². The number of carbonyl (C=O) groups is 1. The highest BCUT2D eigenvalue weighted by Crippen LogP contribution is 2.21. The number of amides is 1. The van der Waals surface area contributed by atoms with Crippen molar-refractivity contribution in [2.45, 2.75) is 13.8 Å². The van der Waals surface area contributed by atoms with E-state index in [1.54, 1.807) is 12.1 Å². The van der Waals surface area contributed by atoms with Crippen molar-refractivity contribution in [1.82, 2.24) is 5.43 Å². The molecule has 0 aliphatic carbocycles. The maximum absolute atomic E-state index is 12.1. The number of nitrogens with one attached hydrogen (secondary N) is 1. The van der Waals surface area contributed by atoms with E-state index in [2.05, 4.69) is 26.5 Å². The standard InChI is InChI=1S/C18H20BrN3O3S/c1-13-7-8-17(9-14(13)2)22(26(3,24)25)12-18(23)21-20-11-15-5-4-6-16(19)10-15/h4-11H,12H2,1-3H3,(H,21,23)/b20-11-. The lowest BCUT2D eigenvalue weighted by molar-refractivity contribution is -0.119. The summed E-state index contributed by atoms with van der Waals surface area (Å²) in [7, 11) is -3.61. The van der Waals surface area contributed by atoms with E-state index in [-0.39, 0.29) is 6.54 Å². The fourth-order valence-corrected chi connectivity index (χ4v) is 3.48. The largest absolute Gasteiger partial charge is 0.271 e. The number of carbonyl (C=O) groups excluding carboxylic acids is 1. The van der Waals surface area contributed by atoms with Crippen LogP contribution < -0.4 is 9.73 Å². The number of hydrazone groups is 1. The van der Waals surface area contributed by atoms with Crippen molar-refractivity contribution in [1.29, 1.82) is 0 Å². The minimum atomic E-state index is -3.61. The summed E-state index contributed by atoms with van der Waals surface area (Å²) in [5, 5.41) is 3.88. The Bertz CT molecular complexity index is 942. The Labute approximate surface area is 162 Å². The van der Waals surface area contributed by atoms with Crippen LogP contribution in [0.25, 0.3) is 0 Å². The fourth-order valence-electron chi connectivity index (χ4n) is 2.21. The molecule has 0 atom stereocenters. The van der Waals surface area contributed by atoms with E-state index in [9.17, 15) is 13.2 Å². The normalized spacial score (nSPS) is 11.5. The summed E-state index contributed by atoms with van der Waals surface area (Å²) in [6, 6.07) is 12.6. The van der Waals surface area contributed by atoms with Crippen molar-refractivity contribution in [2.75, 3.05) is 17.1 Å². The predicted octanol–water partition coefficient (Wildman–Crippen LogP) is 2.98. The van der Waals surface area contributed by atoms with Gasteiger partial charge in [0, 0.05) is 4.47 Å². The SMILES string of the molecule is Cc1ccc(N(CC(=O)N/N=C\c2cccc(Br)c2)S(C)(=O)=O)cc1C. The van der Waals surface area contributed by atoms with Gasteiger partial charge in [-0.25, -0.2) is 13.8 Å². The van der Waals surface area contributed by atoms with Crippen LogP contribution in [0.5, 0.6) is 0 Å². The minimum absolute atomic E-state index is 0.350. The van der Waals surface area contributed by atoms with Gasteiger partial charge >= 0.3 is 0 Å². The summed E-state index contributed by atoms with van der Waals surface area (Å²) in [6.45, 7) is 3.48. The highest BCUT2D eigenvalue weighted by Gasteiger charge is 2.21. The number of benzene rings is 2. The monoisotopic (exact) mass is 437 g/mol. The molecular weight excluding hydrogens is 418 g/mol. The van der Waals surface area contributed by atoms with E-state index < -0.39 is 15.9 Å². The van der Waals surface area contributed by atoms with Gasteiger partial charge in [0.15, 0.2) is 0 Å². The van der Waals surface area contributed by atoms with Crippen molar-refractivity contribution in [3.63, 3.8) is 0 Å². The summed E-state index contributed by atoms with van der Waals surface area (Å²) in [5.41, 5.74) is 5.60. The molecule has 0 unspecified atom stereocenters. The molecule has 2 rings (SSSR count). The zero-order valence-electron chi connectivity index (χ0n) is 14.7. The lowest BCUT2D eigenvalue weighted by Crippen LogP contribution is -2.39. The van der Waals surface area contributed by atoms with Crippen LogP contribution in [-0.4, -0.2) is 33.3 Å². The molecule has 0 saturated carbocycles. The van der Waals surface area contributed by atoms with Crippen LogP contribution in [0.15, 0.2) is 52.0 Å². The molecule has 0 spiro atoms. The van der Waals surface area contributed by atoms with Crippen LogP contribution in [0.2, 0.25) is 0 Å². The molecule has 1 N–H and O–H groups in total. The third-order valence-corrected chi connectivity index (χ3v) is 5.35. The van der Waals surface area contributed by atoms with Crippen molar-refractivity contribution < 1.29 is 13.2 Å². The number of halogens is 1. The summed E-state index contributed by atoms with van der Waals surface area (Å²) >= 11 is 3.35. The van der Waals surface area contributed by atoms with Gasteiger partial charge in [-0.15, -0.1) is 0 Å². The van der Waals surface area contributed by atoms with Gasteiger partial charge in [0.25, 0.3) is 5.91 Å². The van der Waals surface area contributed by atoms with Gasteiger partial charge in [0.2, 0.25) is 10.0 Å². The molecule has 0 heterocycles. The first-order chi connectivity index (χ1) is 12.2. The zero-order valence-corrected chi connectivity index (χ0v) is 17.1. The Balaban J connectivity index is 2.11. The van der Waals surface area contributed by atoms with Gasteiger partial charge in [-0.3, -0.25) is 9.10 Å². The third-order valence-electron chi connectivity index (χ3n) is 3.72. The number of hydrogen-bond donors (Lipinski definition) is 1. The molecule has 0 fully saturated rings. The van der Waals surface area contributed by atoms with Crippen molar-refractivity contribution in [3.05, 3.63) is 63.6 Å². The smallest absolute Gasteiger partial charge is 0.260 e. The molecular formula is C18H20BrN3O3S. The second kappa shape index (κ2) is 8.46. The highest BCUT2D eigenvalue weighted by molar-refractivity contribution is 9.10. The molecule has 0 aliphatic rings. The van der Waals surface area contributed by atoms with E-state index in [0.29, 0.717) is 5.69 Å². The van der Waals surface area contributed by atoms with Crippen molar-refractivity contribution >= 4 is 43.8 Å². The molecule has 8 heteroatoms. The molecule has 0 radical (unpaired) electrons. The van der Waals surface area contributed by atoms with E-state index in [1.165, 1.54) is 6.21 Å². The van der Waals surface area contributed by atoms with Gasteiger partial charge in [-0.2, -0.15) is 5.10 Å². The minimum Gasteiger partial charge on any atom is -0.271 e. The average molecular weight is 438 g/mol. The Morgan fingerprint density at radius 2 is 1.92 bits per heavy atom. The Kier molecular flexibility index (Phi) is 6.55. The van der Waals surface area contributed by atoms with E-state index in [4.69, 9.17) is 0 Å². The number of hydrogen-bond acceptors (Lipinski definition) is 4. The fraction of sp³-hybridized carbons (Fsp3) is 0.222. The van der Waals surface area contributed by atoms with Gasteiger partial charge < -0.3 is 0 Å². The molecule has 0 aliphatic heterocycles. The number of nitrogens with zero attached hydrogens (tertiary/aromatic N) is 2. The van der Waals surface area contributed by atoms with Crippen LogP contribution in [0.3, 0.4) is 0 Å². The van der Waals surface area contributed by atoms with E-state index >= 15 is 0 Å². The molecule has 2 aromatic rings. The van der Waals surface area contributed by atoms with Crippen LogP contribution in [-0.2, 0) is 14.8 Å². The summed E-state index contributed by atoms with van der Waals surface area (Å²) < 4.78 is 26.2. The van der Waals surface area contributed by atoms with Crippen LogP contribution in [0.1, 0.15) is 16.7 Å². The molecule has 26 heavy (non-hydrogen) atoms. The molecule has 2 aromatic carbocycles. The molecule has 1 amide bonds. The zero-order chi connectivity index (χ0) is 19.3. The first kappa shape index (κ1) is 20.1. The second-order valence-electron chi connectivity index (χ2n) is 5.89. The summed E-state index contributed by atoms with van der Waals surface area (Å²) in [4.78, 5) is 12.1. The Morgan fingerprint density at radius 1 is 1.19 bits per heavy atom. The molecule has 0 aromatic heterocycles. The van der Waals surface area contributed by atoms with Crippen LogP contribution in [0.4, 0.5) is 5.69 Å². The number of sulfonamides is 1. The molecule has 0 bridgehead atoms. The predicted molar refractivity (Wildman–Crippen MR) is 108 cm³/mol. The summed E-state index contributed by atoms with van der Waals surface area (Å²) in [6.07, 6.45) is 2.56. The number of aryl methyl sites for hydroxylation is 2. The average Bonchev–Trinajstić information content (AvgIpc) is 2.54. The Hall–Kier alpha value is -2.19. The number of rotatable bonds is 6. The van der Waals surface area contributed by atoms with Gasteiger partial charge in [-0.05, 0) is 54.8 Å². The topological polar surface area (TPSA) is 78.8 Å². The highest BCUT2D eigenvalue weighted by atomic mass is 79.9. The molecule has 138 valence electrons. The van der Waals surface area contributed by atoms with E-state index in [1.807, 2.05) is 44.2 Å². The molecule has 0 saturated heterocycles. The summed E-state index contributed by atoms with van der Waals surface area (Å²) in [5.74, 6) is -0.528. The van der Waals surface area contributed by atoms with Gasteiger partial charge in [0.05, 0.1) is 18.2 Å². The number of anilines is 1. The molecule has 6 nitrogen and oxygen atoms in total. The first-order valence-electron chi connectivity index (χ1n) is 7.79. The lowest BCUT2D eigenvalue weighted by atomic mass is 10.1. The second-order valence-corrected chi connectivity index (χ2v) is 8.71.